The zero-order valence-electron chi connectivity index (χ0n) is 16.0. The van der Waals surface area contributed by atoms with Crippen molar-refractivity contribution < 1.29 is 13.2 Å². The Morgan fingerprint density at radius 2 is 1.85 bits per heavy atom. The number of hydrogen-bond acceptors (Lipinski definition) is 3. The van der Waals surface area contributed by atoms with Crippen molar-refractivity contribution in [2.45, 2.75) is 38.5 Å². The summed E-state index contributed by atoms with van der Waals surface area (Å²) >= 11 is 0. The van der Waals surface area contributed by atoms with E-state index >= 15 is 0 Å². The van der Waals surface area contributed by atoms with Crippen LogP contribution in [0, 0.1) is 19.8 Å². The van der Waals surface area contributed by atoms with Crippen LogP contribution < -0.4 is 4.72 Å². The number of anilines is 1. The molecule has 1 N–H and O–H groups in total. The summed E-state index contributed by atoms with van der Waals surface area (Å²) in [6.07, 6.45) is 2.11. The van der Waals surface area contributed by atoms with Gasteiger partial charge >= 0.3 is 0 Å². The maximum absolute atomic E-state index is 13.0. The standard InChI is InChI=1S/C21H26N2O3S/c1-15-7-6-12-23(14-15)21(24)19-13-18(11-10-16(19)2)27(25,26)22-20-9-5-4-8-17(20)3/h4-5,8-11,13,15,22H,6-7,12,14H2,1-3H3/t15-/m0/s1. The van der Waals surface area contributed by atoms with E-state index in [0.717, 1.165) is 37.1 Å². The molecule has 5 nitrogen and oxygen atoms in total. The summed E-state index contributed by atoms with van der Waals surface area (Å²) in [6, 6.07) is 12.0. The van der Waals surface area contributed by atoms with E-state index in [4.69, 9.17) is 0 Å². The fourth-order valence-electron chi connectivity index (χ4n) is 3.43. The van der Waals surface area contributed by atoms with Gasteiger partial charge < -0.3 is 4.90 Å². The lowest BCUT2D eigenvalue weighted by Crippen LogP contribution is -2.39. The third-order valence-corrected chi connectivity index (χ3v) is 6.45. The second-order valence-corrected chi connectivity index (χ2v) is 9.08. The Hall–Kier alpha value is -2.34. The van der Waals surface area contributed by atoms with Crippen LogP contribution in [-0.2, 0) is 10.0 Å². The van der Waals surface area contributed by atoms with E-state index in [1.807, 2.05) is 30.9 Å². The number of amides is 1. The van der Waals surface area contributed by atoms with Gasteiger partial charge in [0, 0.05) is 18.7 Å². The number of hydrogen-bond donors (Lipinski definition) is 1. The molecule has 144 valence electrons. The molecule has 0 spiro atoms. The first kappa shape index (κ1) is 19.4. The molecular weight excluding hydrogens is 360 g/mol. The largest absolute Gasteiger partial charge is 0.338 e. The monoisotopic (exact) mass is 386 g/mol. The van der Waals surface area contributed by atoms with Crippen molar-refractivity contribution in [3.05, 3.63) is 59.2 Å². The molecule has 1 atom stereocenters. The first-order valence-electron chi connectivity index (χ1n) is 9.26. The fourth-order valence-corrected chi connectivity index (χ4v) is 4.59. The fraction of sp³-hybridized carbons (Fsp3) is 0.381. The topological polar surface area (TPSA) is 66.5 Å². The zero-order valence-corrected chi connectivity index (χ0v) is 16.8. The zero-order chi connectivity index (χ0) is 19.6. The highest BCUT2D eigenvalue weighted by atomic mass is 32.2. The van der Waals surface area contributed by atoms with Crippen molar-refractivity contribution in [3.63, 3.8) is 0 Å². The second kappa shape index (κ2) is 7.72. The first-order chi connectivity index (χ1) is 12.8. The number of carbonyl (C=O) groups excluding carboxylic acids is 1. The van der Waals surface area contributed by atoms with E-state index < -0.39 is 10.0 Å². The van der Waals surface area contributed by atoms with E-state index in [-0.39, 0.29) is 10.8 Å². The van der Waals surface area contributed by atoms with Crippen LogP contribution in [0.25, 0.3) is 0 Å². The predicted octanol–water partition coefficient (Wildman–Crippen LogP) is 3.98. The van der Waals surface area contributed by atoms with E-state index in [1.54, 1.807) is 24.3 Å². The predicted molar refractivity (Wildman–Crippen MR) is 107 cm³/mol. The van der Waals surface area contributed by atoms with E-state index in [2.05, 4.69) is 11.6 Å². The molecule has 1 aliphatic rings. The van der Waals surface area contributed by atoms with Crippen LogP contribution in [0.15, 0.2) is 47.4 Å². The normalized spacial score (nSPS) is 17.6. The molecule has 0 unspecified atom stereocenters. The van der Waals surface area contributed by atoms with Crippen LogP contribution in [0.5, 0.6) is 0 Å². The van der Waals surface area contributed by atoms with E-state index in [9.17, 15) is 13.2 Å². The van der Waals surface area contributed by atoms with Crippen molar-refractivity contribution in [1.29, 1.82) is 0 Å². The summed E-state index contributed by atoms with van der Waals surface area (Å²) in [7, 11) is -3.77. The maximum atomic E-state index is 13.0. The minimum atomic E-state index is -3.77. The van der Waals surface area contributed by atoms with Crippen molar-refractivity contribution in [1.82, 2.24) is 4.90 Å². The summed E-state index contributed by atoms with van der Waals surface area (Å²) in [4.78, 5) is 14.9. The highest BCUT2D eigenvalue weighted by molar-refractivity contribution is 7.92. The molecule has 1 amide bonds. The minimum absolute atomic E-state index is 0.0907. The number of aryl methyl sites for hydroxylation is 2. The molecular formula is C21H26N2O3S. The molecule has 0 aliphatic carbocycles. The van der Waals surface area contributed by atoms with Crippen LogP contribution in [-0.4, -0.2) is 32.3 Å². The quantitative estimate of drug-likeness (QED) is 0.864. The lowest BCUT2D eigenvalue weighted by molar-refractivity contribution is 0.0682. The third kappa shape index (κ3) is 4.33. The van der Waals surface area contributed by atoms with Gasteiger partial charge in [0.15, 0.2) is 0 Å². The molecule has 3 rings (SSSR count). The summed E-state index contributed by atoms with van der Waals surface area (Å²) in [5.74, 6) is 0.379. The number of para-hydroxylation sites is 1. The van der Waals surface area contributed by atoms with Crippen molar-refractivity contribution in [3.8, 4) is 0 Å². The molecule has 2 aromatic rings. The Morgan fingerprint density at radius 3 is 2.56 bits per heavy atom. The third-order valence-electron chi connectivity index (χ3n) is 5.08. The summed E-state index contributed by atoms with van der Waals surface area (Å²) in [5, 5.41) is 0. The second-order valence-electron chi connectivity index (χ2n) is 7.40. The van der Waals surface area contributed by atoms with Gasteiger partial charge in [0.1, 0.15) is 0 Å². The average Bonchev–Trinajstić information content (AvgIpc) is 2.63. The SMILES string of the molecule is Cc1ccccc1NS(=O)(=O)c1ccc(C)c(C(=O)N2CCC[C@H](C)C2)c1. The van der Waals surface area contributed by atoms with E-state index in [0.29, 0.717) is 17.2 Å². The van der Waals surface area contributed by atoms with Gasteiger partial charge in [-0.15, -0.1) is 0 Å². The molecule has 0 bridgehead atoms. The van der Waals surface area contributed by atoms with Gasteiger partial charge in [-0.25, -0.2) is 8.42 Å². The molecule has 0 saturated carbocycles. The van der Waals surface area contributed by atoms with Crippen molar-refractivity contribution in [2.75, 3.05) is 17.8 Å². The molecule has 1 aliphatic heterocycles. The molecule has 2 aromatic carbocycles. The Labute approximate surface area is 161 Å². The summed E-state index contributed by atoms with van der Waals surface area (Å²) < 4.78 is 28.3. The first-order valence-corrected chi connectivity index (χ1v) is 10.7. The highest BCUT2D eigenvalue weighted by Crippen LogP contribution is 2.24. The lowest BCUT2D eigenvalue weighted by Gasteiger charge is -2.31. The van der Waals surface area contributed by atoms with Crippen LogP contribution in [0.1, 0.15) is 41.3 Å². The van der Waals surface area contributed by atoms with Gasteiger partial charge in [0.05, 0.1) is 10.6 Å². The molecule has 27 heavy (non-hydrogen) atoms. The van der Waals surface area contributed by atoms with Gasteiger partial charge in [-0.3, -0.25) is 9.52 Å². The molecule has 1 fully saturated rings. The molecule has 1 heterocycles. The molecule has 0 aromatic heterocycles. The van der Waals surface area contributed by atoms with Crippen molar-refractivity contribution in [2.24, 2.45) is 5.92 Å². The Balaban J connectivity index is 1.90. The number of benzene rings is 2. The minimum Gasteiger partial charge on any atom is -0.338 e. The number of carbonyl (C=O) groups is 1. The molecule has 0 radical (unpaired) electrons. The van der Waals surface area contributed by atoms with Crippen LogP contribution in [0.4, 0.5) is 5.69 Å². The molecule has 1 saturated heterocycles. The van der Waals surface area contributed by atoms with Gasteiger partial charge in [-0.2, -0.15) is 0 Å². The highest BCUT2D eigenvalue weighted by Gasteiger charge is 2.25. The number of rotatable bonds is 4. The van der Waals surface area contributed by atoms with Crippen LogP contribution >= 0.6 is 0 Å². The number of sulfonamides is 1. The number of likely N-dealkylation sites (tertiary alicyclic amines) is 1. The number of piperidine rings is 1. The lowest BCUT2D eigenvalue weighted by atomic mass is 9.99. The molecule has 6 heteroatoms. The Kier molecular flexibility index (Phi) is 5.56. The summed E-state index contributed by atoms with van der Waals surface area (Å²) in [6.45, 7) is 7.27. The van der Waals surface area contributed by atoms with Gasteiger partial charge in [0.2, 0.25) is 0 Å². The van der Waals surface area contributed by atoms with Gasteiger partial charge in [-0.05, 0) is 61.9 Å². The van der Waals surface area contributed by atoms with E-state index in [1.165, 1.54) is 6.07 Å². The average molecular weight is 387 g/mol. The number of nitrogens with one attached hydrogen (secondary N) is 1. The van der Waals surface area contributed by atoms with Gasteiger partial charge in [0.25, 0.3) is 15.9 Å². The number of nitrogens with zero attached hydrogens (tertiary/aromatic N) is 1. The summed E-state index contributed by atoms with van der Waals surface area (Å²) in [5.41, 5.74) is 2.62. The Bertz CT molecular complexity index is 954. The van der Waals surface area contributed by atoms with Gasteiger partial charge in [-0.1, -0.05) is 31.2 Å². The smallest absolute Gasteiger partial charge is 0.261 e. The van der Waals surface area contributed by atoms with Crippen LogP contribution in [0.3, 0.4) is 0 Å². The van der Waals surface area contributed by atoms with Crippen molar-refractivity contribution >= 4 is 21.6 Å². The Morgan fingerprint density at radius 1 is 1.11 bits per heavy atom. The maximum Gasteiger partial charge on any atom is 0.261 e. The van der Waals surface area contributed by atoms with Crippen LogP contribution in [0.2, 0.25) is 0 Å².